The minimum atomic E-state index is -4.13. The predicted molar refractivity (Wildman–Crippen MR) is 116 cm³/mol. The van der Waals surface area contributed by atoms with E-state index < -0.39 is 16.1 Å². The fraction of sp³-hybridized carbons (Fsp3) is 0.450. The summed E-state index contributed by atoms with van der Waals surface area (Å²) in [6, 6.07) is 4.94. The van der Waals surface area contributed by atoms with E-state index in [0.717, 1.165) is 23.5 Å². The smallest absolute Gasteiger partial charge is 0.333 e. The topological polar surface area (TPSA) is 122 Å². The first-order valence-electron chi connectivity index (χ1n) is 9.67. The highest BCUT2D eigenvalue weighted by molar-refractivity contribution is 7.90. The number of hydrogen-bond acceptors (Lipinski definition) is 7. The van der Waals surface area contributed by atoms with Crippen molar-refractivity contribution in [2.45, 2.75) is 44.4 Å². The Hall–Kier alpha value is -2.72. The third kappa shape index (κ3) is 6.14. The number of anilines is 2. The van der Waals surface area contributed by atoms with Crippen LogP contribution in [0.3, 0.4) is 0 Å². The molecule has 0 aliphatic carbocycles. The highest BCUT2D eigenvalue weighted by Gasteiger charge is 2.21. The lowest BCUT2D eigenvalue weighted by atomic mass is 9.93. The average molecular weight is 436 g/mol. The van der Waals surface area contributed by atoms with E-state index in [1.54, 1.807) is 7.11 Å². The highest BCUT2D eigenvalue weighted by Crippen LogP contribution is 2.32. The summed E-state index contributed by atoms with van der Waals surface area (Å²) in [5.74, 6) is 0.576. The molecule has 3 N–H and O–H groups in total. The molecule has 2 aromatic rings. The number of para-hydroxylation sites is 1. The number of aromatic nitrogens is 2. The monoisotopic (exact) mass is 435 g/mol. The summed E-state index contributed by atoms with van der Waals surface area (Å²) in [6.07, 6.45) is 2.28. The lowest BCUT2D eigenvalue weighted by molar-refractivity contribution is 0.210. The molecule has 1 heterocycles. The fourth-order valence-corrected chi connectivity index (χ4v) is 3.62. The second-order valence-electron chi connectivity index (χ2n) is 7.34. The molecule has 0 spiro atoms. The molecule has 0 atom stereocenters. The van der Waals surface area contributed by atoms with Crippen LogP contribution in [0.25, 0.3) is 0 Å². The summed E-state index contributed by atoms with van der Waals surface area (Å²) in [5.41, 5.74) is 2.50. The Bertz CT molecular complexity index is 933. The molecule has 1 aromatic carbocycles. The summed E-state index contributed by atoms with van der Waals surface area (Å²) in [5, 5.41) is 5.61. The Labute approximate surface area is 177 Å². The van der Waals surface area contributed by atoms with Crippen LogP contribution in [0.15, 0.2) is 35.5 Å². The van der Waals surface area contributed by atoms with Gasteiger partial charge >= 0.3 is 6.03 Å². The molecule has 0 bridgehead atoms. The van der Waals surface area contributed by atoms with Gasteiger partial charge in [-0.3, -0.25) is 0 Å². The molecule has 10 heteroatoms. The Morgan fingerprint density at radius 1 is 1.07 bits per heavy atom. The molecule has 9 nitrogen and oxygen atoms in total. The number of rotatable bonds is 9. The second-order valence-corrected chi connectivity index (χ2v) is 9.02. The van der Waals surface area contributed by atoms with Crippen molar-refractivity contribution in [1.82, 2.24) is 14.7 Å². The van der Waals surface area contributed by atoms with Crippen molar-refractivity contribution in [2.75, 3.05) is 30.9 Å². The Morgan fingerprint density at radius 2 is 1.63 bits per heavy atom. The van der Waals surface area contributed by atoms with E-state index in [2.05, 4.69) is 20.6 Å². The van der Waals surface area contributed by atoms with Gasteiger partial charge in [-0.05, 0) is 23.0 Å². The zero-order valence-electron chi connectivity index (χ0n) is 17.9. The molecule has 1 aromatic heterocycles. The number of carbonyl (C=O) groups excluding carboxylic acids is 1. The van der Waals surface area contributed by atoms with Crippen LogP contribution in [0.1, 0.15) is 50.7 Å². The van der Waals surface area contributed by atoms with Crippen LogP contribution in [-0.4, -0.2) is 44.7 Å². The van der Waals surface area contributed by atoms with Gasteiger partial charge < -0.3 is 15.4 Å². The molecule has 164 valence electrons. The first-order valence-corrected chi connectivity index (χ1v) is 11.2. The molecule has 30 heavy (non-hydrogen) atoms. The zero-order chi connectivity index (χ0) is 22.3. The van der Waals surface area contributed by atoms with Crippen molar-refractivity contribution in [3.63, 3.8) is 0 Å². The van der Waals surface area contributed by atoms with Crippen molar-refractivity contribution in [3.05, 3.63) is 41.7 Å². The van der Waals surface area contributed by atoms with Gasteiger partial charge in [-0.1, -0.05) is 45.9 Å². The number of nitrogens with zero attached hydrogens (tertiary/aromatic N) is 2. The lowest BCUT2D eigenvalue weighted by Crippen LogP contribution is -2.35. The van der Waals surface area contributed by atoms with E-state index in [0.29, 0.717) is 18.8 Å². The summed E-state index contributed by atoms with van der Waals surface area (Å²) in [6.45, 7) is 8.99. The van der Waals surface area contributed by atoms with Gasteiger partial charge in [0.1, 0.15) is 4.90 Å². The maximum Gasteiger partial charge on any atom is 0.333 e. The van der Waals surface area contributed by atoms with Gasteiger partial charge in [0.05, 0.1) is 19.0 Å². The van der Waals surface area contributed by atoms with Gasteiger partial charge in [0.25, 0.3) is 10.0 Å². The number of benzene rings is 1. The van der Waals surface area contributed by atoms with E-state index in [4.69, 9.17) is 4.74 Å². The Balaban J connectivity index is 2.16. The summed E-state index contributed by atoms with van der Waals surface area (Å²) >= 11 is 0. The average Bonchev–Trinajstić information content (AvgIpc) is 2.68. The van der Waals surface area contributed by atoms with Crippen LogP contribution in [0.5, 0.6) is 0 Å². The van der Waals surface area contributed by atoms with Crippen LogP contribution in [0.2, 0.25) is 0 Å². The van der Waals surface area contributed by atoms with Gasteiger partial charge in [0.2, 0.25) is 5.95 Å². The van der Waals surface area contributed by atoms with Gasteiger partial charge in [-0.2, -0.15) is 0 Å². The normalized spacial score (nSPS) is 11.6. The van der Waals surface area contributed by atoms with Gasteiger partial charge in [-0.15, -0.1) is 0 Å². The molecule has 2 amide bonds. The van der Waals surface area contributed by atoms with Crippen LogP contribution in [0, 0.1) is 0 Å². The number of amides is 2. The van der Waals surface area contributed by atoms with Crippen LogP contribution >= 0.6 is 0 Å². The van der Waals surface area contributed by atoms with Crippen molar-refractivity contribution in [2.24, 2.45) is 0 Å². The van der Waals surface area contributed by atoms with Crippen molar-refractivity contribution in [1.29, 1.82) is 0 Å². The van der Waals surface area contributed by atoms with Gasteiger partial charge in [-0.25, -0.2) is 27.9 Å². The molecular weight excluding hydrogens is 406 g/mol. The van der Waals surface area contributed by atoms with E-state index >= 15 is 0 Å². The van der Waals surface area contributed by atoms with Crippen LogP contribution < -0.4 is 15.4 Å². The fourth-order valence-electron chi connectivity index (χ4n) is 2.83. The van der Waals surface area contributed by atoms with Crippen molar-refractivity contribution >= 4 is 27.7 Å². The molecule has 0 aliphatic rings. The number of nitrogens with one attached hydrogen (secondary N) is 3. The second kappa shape index (κ2) is 10.4. The SMILES string of the molecule is COCCNc1ncc(S(=O)(=O)NC(=O)Nc2c(C(C)C)cccc2C(C)C)cn1. The molecule has 0 unspecified atom stereocenters. The summed E-state index contributed by atoms with van der Waals surface area (Å²) in [7, 11) is -2.56. The summed E-state index contributed by atoms with van der Waals surface area (Å²) < 4.78 is 32.0. The number of methoxy groups -OCH3 is 1. The molecule has 0 fully saturated rings. The largest absolute Gasteiger partial charge is 0.383 e. The first-order chi connectivity index (χ1) is 14.2. The van der Waals surface area contributed by atoms with E-state index in [9.17, 15) is 13.2 Å². The maximum atomic E-state index is 12.5. The third-order valence-electron chi connectivity index (χ3n) is 4.37. The van der Waals surface area contributed by atoms with E-state index in [1.165, 1.54) is 0 Å². The maximum absolute atomic E-state index is 12.5. The molecular formula is C20H29N5O4S. The predicted octanol–water partition coefficient (Wildman–Crippen LogP) is 3.29. The molecule has 0 aliphatic heterocycles. The zero-order valence-corrected chi connectivity index (χ0v) is 18.7. The van der Waals surface area contributed by atoms with E-state index in [-0.39, 0.29) is 22.7 Å². The first kappa shape index (κ1) is 23.6. The molecule has 0 saturated carbocycles. The highest BCUT2D eigenvalue weighted by atomic mass is 32.2. The Kier molecular flexibility index (Phi) is 8.13. The number of sulfonamides is 1. The minimum absolute atomic E-state index is 0.155. The molecule has 0 radical (unpaired) electrons. The van der Waals surface area contributed by atoms with E-state index in [1.807, 2.05) is 50.6 Å². The van der Waals surface area contributed by atoms with Crippen molar-refractivity contribution < 1.29 is 17.9 Å². The standard InChI is InChI=1S/C20H29N5O4S/c1-13(2)16-7-6-8-17(14(3)4)18(16)24-20(26)25-30(27,28)15-11-22-19(23-12-15)21-9-10-29-5/h6-8,11-14H,9-10H2,1-5H3,(H,21,22,23)(H2,24,25,26). The van der Waals surface area contributed by atoms with Crippen LogP contribution in [0.4, 0.5) is 16.4 Å². The quantitative estimate of drug-likeness (QED) is 0.517. The molecule has 0 saturated heterocycles. The van der Waals surface area contributed by atoms with Gasteiger partial charge in [0.15, 0.2) is 0 Å². The minimum Gasteiger partial charge on any atom is -0.383 e. The van der Waals surface area contributed by atoms with Crippen LogP contribution in [-0.2, 0) is 14.8 Å². The number of urea groups is 1. The number of hydrogen-bond donors (Lipinski definition) is 3. The Morgan fingerprint density at radius 3 is 2.13 bits per heavy atom. The third-order valence-corrected chi connectivity index (χ3v) is 5.65. The molecule has 2 rings (SSSR count). The van der Waals surface area contributed by atoms with Crippen molar-refractivity contribution in [3.8, 4) is 0 Å². The lowest BCUT2D eigenvalue weighted by Gasteiger charge is -2.20. The number of carbonyl (C=O) groups is 1. The number of ether oxygens (including phenoxy) is 1. The summed E-state index contributed by atoms with van der Waals surface area (Å²) in [4.78, 5) is 20.2. The van der Waals surface area contributed by atoms with Gasteiger partial charge in [0, 0.05) is 19.3 Å².